The van der Waals surface area contributed by atoms with Gasteiger partial charge in [0.1, 0.15) is 16.7 Å². The van der Waals surface area contributed by atoms with E-state index in [-0.39, 0.29) is 21.2 Å². The molecular weight excluding hydrogens is 404 g/mol. The van der Waals surface area contributed by atoms with Crippen molar-refractivity contribution < 1.29 is 18.2 Å². The molecule has 0 aliphatic carbocycles. The minimum absolute atomic E-state index is 0.0721. The largest absolute Gasteiger partial charge is 0.382 e. The Balaban J connectivity index is 1.87. The lowest BCUT2D eigenvalue weighted by molar-refractivity contribution is -0.384. The highest BCUT2D eigenvalue weighted by Crippen LogP contribution is 2.45. The van der Waals surface area contributed by atoms with Gasteiger partial charge in [0.25, 0.3) is 5.69 Å². The summed E-state index contributed by atoms with van der Waals surface area (Å²) < 4.78 is 27.0. The Bertz CT molecular complexity index is 1210. The predicted octanol–water partition coefficient (Wildman–Crippen LogP) is 4.79. The van der Waals surface area contributed by atoms with Crippen molar-refractivity contribution in [1.29, 1.82) is 0 Å². The third kappa shape index (κ3) is 3.42. The zero-order chi connectivity index (χ0) is 21.3. The van der Waals surface area contributed by atoms with Crippen molar-refractivity contribution in [3.63, 3.8) is 0 Å². The molecule has 0 N–H and O–H groups in total. The number of nitro groups is 1. The van der Waals surface area contributed by atoms with Gasteiger partial charge in [-0.25, -0.2) is 8.42 Å². The molecule has 3 aromatic rings. The molecule has 7 nitrogen and oxygen atoms in total. The molecule has 1 aliphatic heterocycles. The van der Waals surface area contributed by atoms with Crippen LogP contribution in [0, 0.1) is 10.1 Å². The summed E-state index contributed by atoms with van der Waals surface area (Å²) in [5, 5.41) is 12.6. The van der Waals surface area contributed by atoms with E-state index in [4.69, 9.17) is 4.84 Å². The number of nitro benzene ring substituents is 1. The fourth-order valence-corrected chi connectivity index (χ4v) is 5.16. The molecule has 0 radical (unpaired) electrons. The average molecular weight is 422 g/mol. The van der Waals surface area contributed by atoms with Crippen LogP contribution in [0.2, 0.25) is 0 Å². The molecule has 1 aliphatic rings. The summed E-state index contributed by atoms with van der Waals surface area (Å²) in [6.45, 7) is 1.61. The van der Waals surface area contributed by atoms with Crippen molar-refractivity contribution in [2.75, 3.05) is 5.06 Å². The molecule has 0 saturated heterocycles. The summed E-state index contributed by atoms with van der Waals surface area (Å²) in [5.41, 5.74) is 1.16. The van der Waals surface area contributed by atoms with Crippen molar-refractivity contribution in [3.8, 4) is 0 Å². The Morgan fingerprint density at radius 2 is 1.47 bits per heavy atom. The van der Waals surface area contributed by atoms with Gasteiger partial charge >= 0.3 is 0 Å². The SMILES string of the molecule is CC1=C(S(=O)(=O)c2ccccc2)C(c2ccc([N+](=O)[O-])cc2)N(c2ccccc2)O1. The van der Waals surface area contributed by atoms with Crippen LogP contribution in [0.3, 0.4) is 0 Å². The number of non-ortho nitro benzene ring substituents is 1. The maximum absolute atomic E-state index is 13.5. The maximum Gasteiger partial charge on any atom is 0.269 e. The Hall–Kier alpha value is -3.65. The Morgan fingerprint density at radius 3 is 2.03 bits per heavy atom. The molecule has 0 fully saturated rings. The molecule has 1 heterocycles. The van der Waals surface area contributed by atoms with E-state index < -0.39 is 20.8 Å². The minimum Gasteiger partial charge on any atom is -0.382 e. The van der Waals surface area contributed by atoms with Crippen LogP contribution in [0.15, 0.2) is 100 Å². The van der Waals surface area contributed by atoms with Gasteiger partial charge in [0, 0.05) is 12.1 Å². The standard InChI is InChI=1S/C22H18N2O5S/c1-16-22(30(27,28)20-10-6-3-7-11-20)21(17-12-14-19(15-13-17)24(25)26)23(29-16)18-8-4-2-5-9-18/h2-15,21H,1H3. The lowest BCUT2D eigenvalue weighted by atomic mass is 10.0. The fraction of sp³-hybridized carbons (Fsp3) is 0.0909. The summed E-state index contributed by atoms with van der Waals surface area (Å²) in [4.78, 5) is 16.7. The molecule has 152 valence electrons. The highest BCUT2D eigenvalue weighted by Gasteiger charge is 2.42. The fourth-order valence-electron chi connectivity index (χ4n) is 3.45. The lowest BCUT2D eigenvalue weighted by Gasteiger charge is -2.26. The van der Waals surface area contributed by atoms with E-state index in [1.807, 2.05) is 30.3 Å². The van der Waals surface area contributed by atoms with E-state index in [9.17, 15) is 18.5 Å². The first-order valence-corrected chi connectivity index (χ1v) is 10.7. The van der Waals surface area contributed by atoms with Gasteiger partial charge in [-0.15, -0.1) is 0 Å². The average Bonchev–Trinajstić information content (AvgIpc) is 3.13. The van der Waals surface area contributed by atoms with Crippen LogP contribution in [0.5, 0.6) is 0 Å². The Labute approximate surface area is 173 Å². The maximum atomic E-state index is 13.5. The zero-order valence-electron chi connectivity index (χ0n) is 16.0. The third-order valence-corrected chi connectivity index (χ3v) is 6.82. The van der Waals surface area contributed by atoms with E-state index in [0.717, 1.165) is 0 Å². The quantitative estimate of drug-likeness (QED) is 0.434. The number of benzene rings is 3. The molecule has 1 unspecified atom stereocenters. The molecule has 0 bridgehead atoms. The topological polar surface area (TPSA) is 89.8 Å². The molecule has 1 atom stereocenters. The van der Waals surface area contributed by atoms with Crippen molar-refractivity contribution in [1.82, 2.24) is 0 Å². The number of anilines is 1. The highest BCUT2D eigenvalue weighted by atomic mass is 32.2. The van der Waals surface area contributed by atoms with E-state index in [2.05, 4.69) is 0 Å². The van der Waals surface area contributed by atoms with Crippen LogP contribution >= 0.6 is 0 Å². The first kappa shape index (κ1) is 19.7. The molecule has 0 spiro atoms. The number of hydroxylamine groups is 1. The first-order chi connectivity index (χ1) is 14.4. The van der Waals surface area contributed by atoms with Crippen LogP contribution in [0.25, 0.3) is 0 Å². The normalized spacial score (nSPS) is 16.4. The van der Waals surface area contributed by atoms with Crippen LogP contribution < -0.4 is 5.06 Å². The molecule has 3 aromatic carbocycles. The van der Waals surface area contributed by atoms with Gasteiger partial charge in [0.2, 0.25) is 9.84 Å². The zero-order valence-corrected chi connectivity index (χ0v) is 16.8. The van der Waals surface area contributed by atoms with Gasteiger partial charge in [0.05, 0.1) is 15.5 Å². The predicted molar refractivity (Wildman–Crippen MR) is 112 cm³/mol. The van der Waals surface area contributed by atoms with Crippen LogP contribution in [-0.4, -0.2) is 13.3 Å². The number of nitrogens with zero attached hydrogens (tertiary/aromatic N) is 2. The van der Waals surface area contributed by atoms with Crippen LogP contribution in [0.1, 0.15) is 18.5 Å². The van der Waals surface area contributed by atoms with Crippen LogP contribution in [-0.2, 0) is 14.7 Å². The third-order valence-electron chi connectivity index (χ3n) is 4.84. The molecular formula is C22H18N2O5S. The highest BCUT2D eigenvalue weighted by molar-refractivity contribution is 7.95. The summed E-state index contributed by atoms with van der Waals surface area (Å²) in [6.07, 6.45) is 0. The Morgan fingerprint density at radius 1 is 0.900 bits per heavy atom. The number of para-hydroxylation sites is 1. The number of hydrogen-bond donors (Lipinski definition) is 0. The van der Waals surface area contributed by atoms with Crippen LogP contribution in [0.4, 0.5) is 11.4 Å². The summed E-state index contributed by atoms with van der Waals surface area (Å²) in [6, 6.07) is 22.3. The van der Waals surface area contributed by atoms with Crippen molar-refractivity contribution in [2.45, 2.75) is 17.9 Å². The van der Waals surface area contributed by atoms with Crippen molar-refractivity contribution in [2.24, 2.45) is 0 Å². The van der Waals surface area contributed by atoms with E-state index in [1.54, 1.807) is 37.3 Å². The van der Waals surface area contributed by atoms with Gasteiger partial charge in [0.15, 0.2) is 0 Å². The molecule has 30 heavy (non-hydrogen) atoms. The van der Waals surface area contributed by atoms with Crippen molar-refractivity contribution >= 4 is 21.2 Å². The lowest BCUT2D eigenvalue weighted by Crippen LogP contribution is -2.25. The second kappa shape index (κ2) is 7.64. The monoisotopic (exact) mass is 422 g/mol. The summed E-state index contributed by atoms with van der Waals surface area (Å²) in [5.74, 6) is 0.256. The van der Waals surface area contributed by atoms with Gasteiger partial charge in [-0.3, -0.25) is 10.1 Å². The minimum atomic E-state index is -3.87. The summed E-state index contributed by atoms with van der Waals surface area (Å²) >= 11 is 0. The van der Waals surface area contributed by atoms with E-state index in [0.29, 0.717) is 11.3 Å². The second-order valence-electron chi connectivity index (χ2n) is 6.74. The molecule has 8 heteroatoms. The van der Waals surface area contributed by atoms with Gasteiger partial charge in [-0.2, -0.15) is 5.06 Å². The molecule has 0 amide bonds. The van der Waals surface area contributed by atoms with E-state index >= 15 is 0 Å². The van der Waals surface area contributed by atoms with Crippen molar-refractivity contribution in [3.05, 3.63) is 111 Å². The smallest absolute Gasteiger partial charge is 0.269 e. The van der Waals surface area contributed by atoms with E-state index in [1.165, 1.54) is 29.3 Å². The van der Waals surface area contributed by atoms with Gasteiger partial charge < -0.3 is 4.84 Å². The first-order valence-electron chi connectivity index (χ1n) is 9.17. The molecule has 0 aromatic heterocycles. The number of hydrogen-bond acceptors (Lipinski definition) is 6. The Kier molecular flexibility index (Phi) is 5.01. The molecule has 4 rings (SSSR count). The van der Waals surface area contributed by atoms with Gasteiger partial charge in [-0.05, 0) is 48.9 Å². The molecule has 0 saturated carbocycles. The van der Waals surface area contributed by atoms with Gasteiger partial charge in [-0.1, -0.05) is 36.4 Å². The second-order valence-corrected chi connectivity index (χ2v) is 8.66. The summed E-state index contributed by atoms with van der Waals surface area (Å²) in [7, 11) is -3.87. The number of allylic oxidation sites excluding steroid dienone is 1. The number of sulfone groups is 1. The number of rotatable bonds is 5.